The monoisotopic (exact) mass is 170 g/mol. The summed E-state index contributed by atoms with van der Waals surface area (Å²) in [5.74, 6) is 0. The molecule has 0 aliphatic heterocycles. The summed E-state index contributed by atoms with van der Waals surface area (Å²) < 4.78 is 10.4. The average molecular weight is 170 g/mol. The van der Waals surface area contributed by atoms with Gasteiger partial charge in [0.05, 0.1) is 19.3 Å². The van der Waals surface area contributed by atoms with Crippen molar-refractivity contribution in [3.8, 4) is 0 Å². The van der Waals surface area contributed by atoms with E-state index < -0.39 is 0 Å². The molecule has 0 fully saturated rings. The molecule has 0 N–H and O–H groups in total. The van der Waals surface area contributed by atoms with E-state index in [0.717, 1.165) is 12.8 Å². The topological polar surface area (TPSA) is 18.5 Å². The van der Waals surface area contributed by atoms with Gasteiger partial charge in [0.25, 0.3) is 0 Å². The van der Waals surface area contributed by atoms with Crippen LogP contribution in [0.4, 0.5) is 0 Å². The molecule has 0 saturated heterocycles. The van der Waals surface area contributed by atoms with Gasteiger partial charge in [0, 0.05) is 7.11 Å². The third-order valence-corrected chi connectivity index (χ3v) is 1.50. The molecule has 0 aliphatic carbocycles. The fourth-order valence-electron chi connectivity index (χ4n) is 0.902. The van der Waals surface area contributed by atoms with Gasteiger partial charge in [-0.2, -0.15) is 0 Å². The quantitative estimate of drug-likeness (QED) is 0.410. The molecule has 70 valence electrons. The predicted octanol–water partition coefficient (Wildman–Crippen LogP) is 2.17. The van der Waals surface area contributed by atoms with Gasteiger partial charge in [-0.1, -0.05) is 12.2 Å². The molecule has 2 heteroatoms. The van der Waals surface area contributed by atoms with E-state index in [1.807, 2.05) is 12.2 Å². The van der Waals surface area contributed by atoms with E-state index in [4.69, 9.17) is 9.47 Å². The minimum atomic E-state index is 0.218. The highest BCUT2D eigenvalue weighted by atomic mass is 16.5. The molecule has 0 unspecified atom stereocenters. The second-order valence-electron chi connectivity index (χ2n) is 2.53. The Labute approximate surface area is 74.9 Å². The van der Waals surface area contributed by atoms with Crippen LogP contribution in [0.5, 0.6) is 0 Å². The summed E-state index contributed by atoms with van der Waals surface area (Å²) >= 11 is 0. The van der Waals surface area contributed by atoms with Gasteiger partial charge < -0.3 is 9.47 Å². The smallest absolute Gasteiger partial charge is 0.0704 e. The number of ether oxygens (including phenoxy) is 2. The van der Waals surface area contributed by atoms with E-state index in [1.54, 1.807) is 7.11 Å². The molecule has 0 aromatic carbocycles. The lowest BCUT2D eigenvalue weighted by molar-refractivity contribution is 0.0204. The van der Waals surface area contributed by atoms with Crippen LogP contribution >= 0.6 is 0 Å². The van der Waals surface area contributed by atoms with Gasteiger partial charge in [-0.15, -0.1) is 13.2 Å². The summed E-state index contributed by atoms with van der Waals surface area (Å²) in [5, 5.41) is 0. The van der Waals surface area contributed by atoms with Gasteiger partial charge in [-0.25, -0.2) is 0 Å². The third kappa shape index (κ3) is 6.13. The normalized spacial score (nSPS) is 10.2. The molecule has 0 atom stereocenters. The fourth-order valence-corrected chi connectivity index (χ4v) is 0.902. The minimum absolute atomic E-state index is 0.218. The molecule has 0 bridgehead atoms. The summed E-state index contributed by atoms with van der Waals surface area (Å²) in [6, 6.07) is 0. The Morgan fingerprint density at radius 1 is 1.17 bits per heavy atom. The number of hydrogen-bond donors (Lipinski definition) is 0. The first-order valence-electron chi connectivity index (χ1n) is 4.17. The van der Waals surface area contributed by atoms with E-state index in [-0.39, 0.29) is 6.10 Å². The maximum absolute atomic E-state index is 5.50. The van der Waals surface area contributed by atoms with Gasteiger partial charge in [0.2, 0.25) is 0 Å². The zero-order valence-electron chi connectivity index (χ0n) is 7.79. The van der Waals surface area contributed by atoms with Crippen molar-refractivity contribution in [3.05, 3.63) is 25.3 Å². The van der Waals surface area contributed by atoms with Crippen LogP contribution in [0.1, 0.15) is 12.8 Å². The van der Waals surface area contributed by atoms with Gasteiger partial charge in [0.15, 0.2) is 0 Å². The van der Waals surface area contributed by atoms with Crippen LogP contribution in [0.3, 0.4) is 0 Å². The lowest BCUT2D eigenvalue weighted by Crippen LogP contribution is -2.14. The Morgan fingerprint density at radius 3 is 2.17 bits per heavy atom. The highest BCUT2D eigenvalue weighted by Crippen LogP contribution is 2.04. The van der Waals surface area contributed by atoms with Crippen molar-refractivity contribution in [1.29, 1.82) is 0 Å². The second-order valence-corrected chi connectivity index (χ2v) is 2.53. The van der Waals surface area contributed by atoms with Gasteiger partial charge >= 0.3 is 0 Å². The summed E-state index contributed by atoms with van der Waals surface area (Å²) in [4.78, 5) is 0. The first kappa shape index (κ1) is 11.4. The van der Waals surface area contributed by atoms with Crippen molar-refractivity contribution in [2.24, 2.45) is 0 Å². The van der Waals surface area contributed by atoms with Gasteiger partial charge in [0.1, 0.15) is 0 Å². The molecule has 0 radical (unpaired) electrons. The van der Waals surface area contributed by atoms with Crippen LogP contribution in [0.25, 0.3) is 0 Å². The molecule has 0 amide bonds. The van der Waals surface area contributed by atoms with Crippen LogP contribution < -0.4 is 0 Å². The van der Waals surface area contributed by atoms with Crippen molar-refractivity contribution in [2.75, 3.05) is 20.3 Å². The molecular weight excluding hydrogens is 152 g/mol. The first-order chi connectivity index (χ1) is 5.85. The van der Waals surface area contributed by atoms with E-state index in [0.29, 0.717) is 13.2 Å². The van der Waals surface area contributed by atoms with E-state index in [1.165, 1.54) is 0 Å². The Bertz CT molecular complexity index is 111. The van der Waals surface area contributed by atoms with Crippen LogP contribution in [-0.4, -0.2) is 26.4 Å². The SMILES string of the molecule is C=CCC(CC=C)OCCOC. The van der Waals surface area contributed by atoms with Crippen molar-refractivity contribution >= 4 is 0 Å². The molecule has 0 aliphatic rings. The predicted molar refractivity (Wildman–Crippen MR) is 51.2 cm³/mol. The lowest BCUT2D eigenvalue weighted by Gasteiger charge is -2.13. The Hall–Kier alpha value is -0.600. The number of methoxy groups -OCH3 is 1. The molecule has 0 aromatic rings. The molecule has 0 aromatic heterocycles. The third-order valence-electron chi connectivity index (χ3n) is 1.50. The van der Waals surface area contributed by atoms with Crippen molar-refractivity contribution < 1.29 is 9.47 Å². The van der Waals surface area contributed by atoms with Crippen molar-refractivity contribution in [2.45, 2.75) is 18.9 Å². The number of hydrogen-bond acceptors (Lipinski definition) is 2. The minimum Gasteiger partial charge on any atom is -0.382 e. The maximum atomic E-state index is 5.50. The van der Waals surface area contributed by atoms with E-state index in [2.05, 4.69) is 13.2 Å². The molecular formula is C10H18O2. The van der Waals surface area contributed by atoms with Crippen molar-refractivity contribution in [3.63, 3.8) is 0 Å². The largest absolute Gasteiger partial charge is 0.382 e. The highest BCUT2D eigenvalue weighted by Gasteiger charge is 2.03. The second kappa shape index (κ2) is 8.50. The van der Waals surface area contributed by atoms with Crippen LogP contribution in [-0.2, 0) is 9.47 Å². The van der Waals surface area contributed by atoms with E-state index >= 15 is 0 Å². The molecule has 0 heterocycles. The van der Waals surface area contributed by atoms with Gasteiger partial charge in [-0.05, 0) is 12.8 Å². The molecule has 0 spiro atoms. The first-order valence-corrected chi connectivity index (χ1v) is 4.17. The van der Waals surface area contributed by atoms with Crippen LogP contribution in [0.2, 0.25) is 0 Å². The summed E-state index contributed by atoms with van der Waals surface area (Å²) in [6.07, 6.45) is 5.68. The average Bonchev–Trinajstić information content (AvgIpc) is 2.06. The van der Waals surface area contributed by atoms with Crippen LogP contribution in [0, 0.1) is 0 Å². The zero-order valence-corrected chi connectivity index (χ0v) is 7.79. The maximum Gasteiger partial charge on any atom is 0.0704 e. The Balaban J connectivity index is 3.47. The molecule has 2 nitrogen and oxygen atoms in total. The fraction of sp³-hybridized carbons (Fsp3) is 0.600. The van der Waals surface area contributed by atoms with E-state index in [9.17, 15) is 0 Å². The Morgan fingerprint density at radius 2 is 1.75 bits per heavy atom. The van der Waals surface area contributed by atoms with Gasteiger partial charge in [-0.3, -0.25) is 0 Å². The van der Waals surface area contributed by atoms with Crippen molar-refractivity contribution in [1.82, 2.24) is 0 Å². The standard InChI is InChI=1S/C10H18O2/c1-4-6-10(7-5-2)12-9-8-11-3/h4-5,10H,1-2,6-9H2,3H3. The zero-order chi connectivity index (χ0) is 9.23. The Kier molecular flexibility index (Phi) is 8.07. The number of rotatable bonds is 8. The molecule has 0 rings (SSSR count). The summed E-state index contributed by atoms with van der Waals surface area (Å²) in [6.45, 7) is 8.62. The summed E-state index contributed by atoms with van der Waals surface area (Å²) in [7, 11) is 1.67. The van der Waals surface area contributed by atoms with Crippen LogP contribution in [0.15, 0.2) is 25.3 Å². The lowest BCUT2D eigenvalue weighted by atomic mass is 10.2. The summed E-state index contributed by atoms with van der Waals surface area (Å²) in [5.41, 5.74) is 0. The molecule has 12 heavy (non-hydrogen) atoms. The highest BCUT2D eigenvalue weighted by molar-refractivity contribution is 4.80. The molecule has 0 saturated carbocycles.